The predicted molar refractivity (Wildman–Crippen MR) is 108 cm³/mol. The van der Waals surface area contributed by atoms with Gasteiger partial charge in [-0.05, 0) is 68.5 Å². The molecule has 146 valence electrons. The Bertz CT molecular complexity index is 872. The molecule has 0 aromatic heterocycles. The molecule has 2 aliphatic rings. The monoisotopic (exact) mass is 381 g/mol. The number of nitrogens with one attached hydrogen (secondary N) is 2. The molecule has 1 aliphatic carbocycles. The summed E-state index contributed by atoms with van der Waals surface area (Å²) >= 11 is 0. The molecular formula is C22H24FN3O2. The van der Waals surface area contributed by atoms with Crippen LogP contribution in [0, 0.1) is 11.2 Å². The average molecular weight is 381 g/mol. The van der Waals surface area contributed by atoms with Gasteiger partial charge in [-0.25, -0.2) is 4.39 Å². The maximum Gasteiger partial charge on any atom is 0.240 e. The van der Waals surface area contributed by atoms with E-state index in [4.69, 9.17) is 0 Å². The zero-order valence-corrected chi connectivity index (χ0v) is 15.7. The third-order valence-corrected chi connectivity index (χ3v) is 5.59. The lowest BCUT2D eigenvalue weighted by atomic mass is 10.0. The van der Waals surface area contributed by atoms with E-state index in [0.717, 1.165) is 18.8 Å². The maximum atomic E-state index is 13.8. The summed E-state index contributed by atoms with van der Waals surface area (Å²) in [5, 5.41) is 5.39. The molecule has 0 unspecified atom stereocenters. The van der Waals surface area contributed by atoms with Crippen LogP contribution in [0.15, 0.2) is 48.5 Å². The van der Waals surface area contributed by atoms with Crippen LogP contribution in [-0.2, 0) is 9.59 Å². The first kappa shape index (κ1) is 18.5. The van der Waals surface area contributed by atoms with Crippen LogP contribution < -0.4 is 15.5 Å². The Morgan fingerprint density at radius 2 is 1.50 bits per heavy atom. The Hall–Kier alpha value is -2.89. The molecule has 0 radical (unpaired) electrons. The van der Waals surface area contributed by atoms with Gasteiger partial charge in [0.1, 0.15) is 11.2 Å². The van der Waals surface area contributed by atoms with Crippen molar-refractivity contribution in [2.24, 2.45) is 5.41 Å². The predicted octanol–water partition coefficient (Wildman–Crippen LogP) is 4.17. The summed E-state index contributed by atoms with van der Waals surface area (Å²) in [6.07, 6.45) is 4.62. The Balaban J connectivity index is 1.40. The van der Waals surface area contributed by atoms with Crippen molar-refractivity contribution in [2.45, 2.75) is 32.1 Å². The van der Waals surface area contributed by atoms with E-state index in [9.17, 15) is 14.0 Å². The highest BCUT2D eigenvalue weighted by Crippen LogP contribution is 2.47. The molecule has 2 aromatic carbocycles. The lowest BCUT2D eigenvalue weighted by Crippen LogP contribution is -2.35. The molecule has 4 rings (SSSR count). The average Bonchev–Trinajstić information content (AvgIpc) is 3.53. The van der Waals surface area contributed by atoms with E-state index in [1.165, 1.54) is 31.4 Å². The number of anilines is 3. The number of hydrogen-bond acceptors (Lipinski definition) is 3. The first-order valence-electron chi connectivity index (χ1n) is 9.81. The Labute approximate surface area is 163 Å². The van der Waals surface area contributed by atoms with Gasteiger partial charge in [0, 0.05) is 24.5 Å². The SMILES string of the molecule is O=C(Nc1ccc(N2CCCCC2)cc1)C1(C(=O)Nc2ccccc2F)CC1. The fourth-order valence-corrected chi connectivity index (χ4v) is 3.65. The van der Waals surface area contributed by atoms with Crippen molar-refractivity contribution in [3.63, 3.8) is 0 Å². The molecule has 1 saturated heterocycles. The smallest absolute Gasteiger partial charge is 0.240 e. The molecular weight excluding hydrogens is 357 g/mol. The Morgan fingerprint density at radius 3 is 2.14 bits per heavy atom. The van der Waals surface area contributed by atoms with E-state index >= 15 is 0 Å². The first-order chi connectivity index (χ1) is 13.6. The standard InChI is InChI=1S/C22H24FN3O2/c23-18-6-2-3-7-19(18)25-21(28)22(12-13-22)20(27)24-16-8-10-17(11-9-16)26-14-4-1-5-15-26/h2-3,6-11H,1,4-5,12-15H2,(H,24,27)(H,25,28). The second-order valence-electron chi connectivity index (χ2n) is 7.56. The van der Waals surface area contributed by atoms with Crippen LogP contribution >= 0.6 is 0 Å². The molecule has 2 fully saturated rings. The quantitative estimate of drug-likeness (QED) is 0.764. The topological polar surface area (TPSA) is 61.4 Å². The van der Waals surface area contributed by atoms with Gasteiger partial charge in [0.05, 0.1) is 5.69 Å². The third-order valence-electron chi connectivity index (χ3n) is 5.59. The highest BCUT2D eigenvalue weighted by atomic mass is 19.1. The van der Waals surface area contributed by atoms with E-state index in [0.29, 0.717) is 18.5 Å². The number of para-hydroxylation sites is 1. The maximum absolute atomic E-state index is 13.8. The Morgan fingerprint density at radius 1 is 0.857 bits per heavy atom. The number of rotatable bonds is 5. The molecule has 2 aromatic rings. The van der Waals surface area contributed by atoms with Crippen molar-refractivity contribution < 1.29 is 14.0 Å². The Kier molecular flexibility index (Phi) is 5.03. The molecule has 1 saturated carbocycles. The van der Waals surface area contributed by atoms with E-state index < -0.39 is 17.1 Å². The van der Waals surface area contributed by atoms with Crippen LogP contribution in [0.1, 0.15) is 32.1 Å². The lowest BCUT2D eigenvalue weighted by Gasteiger charge is -2.28. The van der Waals surface area contributed by atoms with Gasteiger partial charge < -0.3 is 15.5 Å². The second kappa shape index (κ2) is 7.62. The normalized spacial score (nSPS) is 17.7. The van der Waals surface area contributed by atoms with Crippen molar-refractivity contribution >= 4 is 28.9 Å². The highest BCUT2D eigenvalue weighted by Gasteiger charge is 2.56. The minimum Gasteiger partial charge on any atom is -0.372 e. The minimum atomic E-state index is -1.12. The number of piperidine rings is 1. The number of hydrogen-bond donors (Lipinski definition) is 2. The van der Waals surface area contributed by atoms with Gasteiger partial charge in [-0.3, -0.25) is 9.59 Å². The second-order valence-corrected chi connectivity index (χ2v) is 7.56. The van der Waals surface area contributed by atoms with Crippen LogP contribution in [0.2, 0.25) is 0 Å². The van der Waals surface area contributed by atoms with Crippen molar-refractivity contribution in [3.05, 3.63) is 54.3 Å². The zero-order chi connectivity index (χ0) is 19.6. The third kappa shape index (κ3) is 3.72. The number of halogens is 1. The zero-order valence-electron chi connectivity index (χ0n) is 15.7. The van der Waals surface area contributed by atoms with Crippen molar-refractivity contribution in [2.75, 3.05) is 28.6 Å². The first-order valence-corrected chi connectivity index (χ1v) is 9.81. The van der Waals surface area contributed by atoms with Crippen LogP contribution in [0.5, 0.6) is 0 Å². The molecule has 2 N–H and O–H groups in total. The largest absolute Gasteiger partial charge is 0.372 e. The molecule has 1 heterocycles. The van der Waals surface area contributed by atoms with Gasteiger partial charge in [-0.2, -0.15) is 0 Å². The number of carbonyl (C=O) groups is 2. The summed E-state index contributed by atoms with van der Waals surface area (Å²) in [4.78, 5) is 27.7. The molecule has 5 nitrogen and oxygen atoms in total. The summed E-state index contributed by atoms with van der Waals surface area (Å²) in [5.74, 6) is -1.31. The van der Waals surface area contributed by atoms with E-state index in [-0.39, 0.29) is 11.6 Å². The minimum absolute atomic E-state index is 0.0949. The van der Waals surface area contributed by atoms with E-state index in [1.54, 1.807) is 12.1 Å². The molecule has 6 heteroatoms. The van der Waals surface area contributed by atoms with Gasteiger partial charge >= 0.3 is 0 Å². The number of benzene rings is 2. The fourth-order valence-electron chi connectivity index (χ4n) is 3.65. The number of amides is 2. The van der Waals surface area contributed by atoms with Gasteiger partial charge in [-0.15, -0.1) is 0 Å². The van der Waals surface area contributed by atoms with E-state index in [2.05, 4.69) is 15.5 Å². The van der Waals surface area contributed by atoms with Gasteiger partial charge in [-0.1, -0.05) is 12.1 Å². The van der Waals surface area contributed by atoms with Crippen LogP contribution in [-0.4, -0.2) is 24.9 Å². The van der Waals surface area contributed by atoms with E-state index in [1.807, 2.05) is 24.3 Å². The molecule has 28 heavy (non-hydrogen) atoms. The summed E-state index contributed by atoms with van der Waals surface area (Å²) in [6, 6.07) is 13.7. The van der Waals surface area contributed by atoms with Gasteiger partial charge in [0.15, 0.2) is 0 Å². The van der Waals surface area contributed by atoms with Gasteiger partial charge in [0.2, 0.25) is 11.8 Å². The summed E-state index contributed by atoms with van der Waals surface area (Å²) < 4.78 is 13.8. The highest BCUT2D eigenvalue weighted by molar-refractivity contribution is 6.16. The molecule has 0 atom stereocenters. The van der Waals surface area contributed by atoms with Crippen LogP contribution in [0.25, 0.3) is 0 Å². The fraction of sp³-hybridized carbons (Fsp3) is 0.364. The number of nitrogens with zero attached hydrogens (tertiary/aromatic N) is 1. The molecule has 1 aliphatic heterocycles. The van der Waals surface area contributed by atoms with Crippen LogP contribution in [0.3, 0.4) is 0 Å². The summed E-state index contributed by atoms with van der Waals surface area (Å²) in [7, 11) is 0. The van der Waals surface area contributed by atoms with Crippen molar-refractivity contribution in [1.29, 1.82) is 0 Å². The molecule has 0 spiro atoms. The number of carbonyl (C=O) groups excluding carboxylic acids is 2. The van der Waals surface area contributed by atoms with Crippen molar-refractivity contribution in [3.8, 4) is 0 Å². The summed E-state index contributed by atoms with van der Waals surface area (Å²) in [6.45, 7) is 2.12. The van der Waals surface area contributed by atoms with Crippen molar-refractivity contribution in [1.82, 2.24) is 0 Å². The lowest BCUT2D eigenvalue weighted by molar-refractivity contribution is -0.131. The van der Waals surface area contributed by atoms with Crippen LogP contribution in [0.4, 0.5) is 21.5 Å². The summed E-state index contributed by atoms with van der Waals surface area (Å²) in [5.41, 5.74) is 0.790. The van der Waals surface area contributed by atoms with Gasteiger partial charge in [0.25, 0.3) is 0 Å². The molecule has 0 bridgehead atoms. The molecule has 2 amide bonds.